The Morgan fingerprint density at radius 1 is 1.60 bits per heavy atom. The molecule has 0 radical (unpaired) electrons. The van der Waals surface area contributed by atoms with Crippen molar-refractivity contribution in [2.75, 3.05) is 18.0 Å². The van der Waals surface area contributed by atoms with Crippen LogP contribution in [0.15, 0.2) is 18.5 Å². The average Bonchev–Trinajstić information content (AvgIpc) is 2.15. The van der Waals surface area contributed by atoms with Crippen LogP contribution in [-0.2, 0) is 0 Å². The number of anilines is 1. The average molecular weight is 226 g/mol. The van der Waals surface area contributed by atoms with Gasteiger partial charge in [-0.1, -0.05) is 24.9 Å². The molecule has 4 heteroatoms. The Kier molecular flexibility index (Phi) is 2.85. The summed E-state index contributed by atoms with van der Waals surface area (Å²) in [5, 5.41) is 0.705. The van der Waals surface area contributed by atoms with Crippen molar-refractivity contribution in [1.82, 2.24) is 4.98 Å². The van der Waals surface area contributed by atoms with Crippen LogP contribution in [0.4, 0.5) is 5.69 Å². The van der Waals surface area contributed by atoms with Crippen LogP contribution in [0.5, 0.6) is 0 Å². The number of nitrogens with zero attached hydrogens (tertiary/aromatic N) is 2. The predicted octanol–water partition coefficient (Wildman–Crippen LogP) is 2.05. The second-order valence-corrected chi connectivity index (χ2v) is 4.70. The first-order valence-corrected chi connectivity index (χ1v) is 5.66. The van der Waals surface area contributed by atoms with Crippen molar-refractivity contribution in [3.8, 4) is 0 Å². The molecule has 1 aromatic rings. The predicted molar refractivity (Wildman–Crippen MR) is 63.3 cm³/mol. The molecule has 1 aliphatic heterocycles. The molecule has 0 bridgehead atoms. The van der Waals surface area contributed by atoms with E-state index in [1.165, 1.54) is 0 Å². The van der Waals surface area contributed by atoms with Crippen molar-refractivity contribution in [3.63, 3.8) is 0 Å². The second-order valence-electron chi connectivity index (χ2n) is 4.30. The first kappa shape index (κ1) is 10.7. The molecule has 3 nitrogen and oxygen atoms in total. The fraction of sp³-hybridized carbons (Fsp3) is 0.545. The zero-order chi connectivity index (χ0) is 10.9. The number of nitrogens with two attached hydrogens (primary N) is 1. The van der Waals surface area contributed by atoms with Gasteiger partial charge in [-0.25, -0.2) is 0 Å². The molecular formula is C11H16ClN3. The van der Waals surface area contributed by atoms with Crippen molar-refractivity contribution < 1.29 is 0 Å². The quantitative estimate of drug-likeness (QED) is 0.856. The largest absolute Gasteiger partial charge is 0.366 e. The van der Waals surface area contributed by atoms with Gasteiger partial charge in [0.15, 0.2) is 0 Å². The maximum atomic E-state index is 6.19. The number of hydrogen-bond acceptors (Lipinski definition) is 3. The monoisotopic (exact) mass is 225 g/mol. The van der Waals surface area contributed by atoms with Crippen molar-refractivity contribution in [3.05, 3.63) is 23.5 Å². The SMILES string of the molecule is CCCC1(N)CN(c2ccncc2Cl)C1. The Hall–Kier alpha value is -0.800. The normalized spacial score (nSPS) is 18.7. The smallest absolute Gasteiger partial charge is 0.0822 e. The highest BCUT2D eigenvalue weighted by Crippen LogP contribution is 2.33. The van der Waals surface area contributed by atoms with E-state index in [0.717, 1.165) is 31.6 Å². The summed E-state index contributed by atoms with van der Waals surface area (Å²) in [7, 11) is 0. The molecule has 0 spiro atoms. The van der Waals surface area contributed by atoms with Crippen LogP contribution in [-0.4, -0.2) is 23.6 Å². The number of rotatable bonds is 3. The van der Waals surface area contributed by atoms with Crippen LogP contribution < -0.4 is 10.6 Å². The summed E-state index contributed by atoms with van der Waals surface area (Å²) in [5.74, 6) is 0. The number of aromatic nitrogens is 1. The molecule has 2 rings (SSSR count). The van der Waals surface area contributed by atoms with Crippen LogP contribution in [0.3, 0.4) is 0 Å². The highest BCUT2D eigenvalue weighted by atomic mass is 35.5. The fourth-order valence-electron chi connectivity index (χ4n) is 2.16. The first-order chi connectivity index (χ1) is 7.14. The Morgan fingerprint density at radius 3 is 2.93 bits per heavy atom. The van der Waals surface area contributed by atoms with Crippen LogP contribution in [0, 0.1) is 0 Å². The molecule has 1 aromatic heterocycles. The minimum Gasteiger partial charge on any atom is -0.366 e. The molecule has 2 N–H and O–H groups in total. The molecule has 0 saturated carbocycles. The summed E-state index contributed by atoms with van der Waals surface area (Å²) < 4.78 is 0. The van der Waals surface area contributed by atoms with Crippen LogP contribution in [0.1, 0.15) is 19.8 Å². The third-order valence-corrected chi connectivity index (χ3v) is 3.14. The third-order valence-electron chi connectivity index (χ3n) is 2.85. The molecular weight excluding hydrogens is 210 g/mol. The maximum Gasteiger partial charge on any atom is 0.0822 e. The van der Waals surface area contributed by atoms with E-state index in [1.807, 2.05) is 6.07 Å². The molecule has 0 unspecified atom stereocenters. The first-order valence-electron chi connectivity index (χ1n) is 5.28. The molecule has 0 aliphatic carbocycles. The van der Waals surface area contributed by atoms with E-state index >= 15 is 0 Å². The van der Waals surface area contributed by atoms with E-state index in [2.05, 4.69) is 16.8 Å². The highest BCUT2D eigenvalue weighted by molar-refractivity contribution is 6.33. The van der Waals surface area contributed by atoms with E-state index in [0.29, 0.717) is 5.02 Å². The number of hydrogen-bond donors (Lipinski definition) is 1. The van der Waals surface area contributed by atoms with Crippen molar-refractivity contribution >= 4 is 17.3 Å². The van der Waals surface area contributed by atoms with Gasteiger partial charge in [0, 0.05) is 25.5 Å². The topological polar surface area (TPSA) is 42.1 Å². The molecule has 15 heavy (non-hydrogen) atoms. The van der Waals surface area contributed by atoms with Gasteiger partial charge in [-0.05, 0) is 12.5 Å². The lowest BCUT2D eigenvalue weighted by Gasteiger charge is -2.49. The van der Waals surface area contributed by atoms with Gasteiger partial charge in [0.05, 0.1) is 16.2 Å². The van der Waals surface area contributed by atoms with Crippen LogP contribution in [0.2, 0.25) is 5.02 Å². The lowest BCUT2D eigenvalue weighted by Crippen LogP contribution is -2.67. The number of pyridine rings is 1. The molecule has 0 aromatic carbocycles. The van der Waals surface area contributed by atoms with E-state index in [1.54, 1.807) is 12.4 Å². The lowest BCUT2D eigenvalue weighted by molar-refractivity contribution is 0.308. The van der Waals surface area contributed by atoms with E-state index in [-0.39, 0.29) is 5.54 Å². The molecule has 1 fully saturated rings. The van der Waals surface area contributed by atoms with Gasteiger partial charge in [-0.3, -0.25) is 4.98 Å². The molecule has 0 atom stereocenters. The van der Waals surface area contributed by atoms with Gasteiger partial charge in [0.2, 0.25) is 0 Å². The lowest BCUT2D eigenvalue weighted by atomic mass is 9.86. The minimum atomic E-state index is -0.0126. The summed E-state index contributed by atoms with van der Waals surface area (Å²) >= 11 is 6.06. The fourth-order valence-corrected chi connectivity index (χ4v) is 2.40. The van der Waals surface area contributed by atoms with Gasteiger partial charge >= 0.3 is 0 Å². The summed E-state index contributed by atoms with van der Waals surface area (Å²) in [6, 6.07) is 1.94. The zero-order valence-electron chi connectivity index (χ0n) is 8.91. The number of halogens is 1. The van der Waals surface area contributed by atoms with Gasteiger partial charge in [0.1, 0.15) is 0 Å². The van der Waals surface area contributed by atoms with E-state index < -0.39 is 0 Å². The van der Waals surface area contributed by atoms with E-state index in [4.69, 9.17) is 17.3 Å². The zero-order valence-corrected chi connectivity index (χ0v) is 9.67. The Labute approximate surface area is 95.2 Å². The summed E-state index contributed by atoms with van der Waals surface area (Å²) in [5.41, 5.74) is 7.22. The Morgan fingerprint density at radius 2 is 2.33 bits per heavy atom. The molecule has 0 amide bonds. The Balaban J connectivity index is 2.03. The summed E-state index contributed by atoms with van der Waals surface area (Å²) in [6.45, 7) is 3.95. The van der Waals surface area contributed by atoms with Crippen molar-refractivity contribution in [1.29, 1.82) is 0 Å². The standard InChI is InChI=1S/C11H16ClN3/c1-2-4-11(13)7-15(8-11)10-3-5-14-6-9(10)12/h3,5-6H,2,4,7-8,13H2,1H3. The van der Waals surface area contributed by atoms with Crippen molar-refractivity contribution in [2.45, 2.75) is 25.3 Å². The summed E-state index contributed by atoms with van der Waals surface area (Å²) in [6.07, 6.45) is 5.64. The van der Waals surface area contributed by atoms with E-state index in [9.17, 15) is 0 Å². The highest BCUT2D eigenvalue weighted by Gasteiger charge is 2.39. The minimum absolute atomic E-state index is 0.0126. The second kappa shape index (κ2) is 3.99. The van der Waals surface area contributed by atoms with Crippen LogP contribution in [0.25, 0.3) is 0 Å². The molecule has 1 saturated heterocycles. The third kappa shape index (κ3) is 2.08. The van der Waals surface area contributed by atoms with Crippen LogP contribution >= 0.6 is 11.6 Å². The molecule has 1 aliphatic rings. The van der Waals surface area contributed by atoms with Gasteiger partial charge in [-0.2, -0.15) is 0 Å². The van der Waals surface area contributed by atoms with Gasteiger partial charge in [-0.15, -0.1) is 0 Å². The maximum absolute atomic E-state index is 6.19. The summed E-state index contributed by atoms with van der Waals surface area (Å²) in [4.78, 5) is 6.18. The molecule has 2 heterocycles. The van der Waals surface area contributed by atoms with Crippen molar-refractivity contribution in [2.24, 2.45) is 5.73 Å². The molecule has 82 valence electrons. The Bertz CT molecular complexity index is 347. The van der Waals surface area contributed by atoms with Gasteiger partial charge in [0.25, 0.3) is 0 Å². The van der Waals surface area contributed by atoms with Gasteiger partial charge < -0.3 is 10.6 Å².